The number of hydrogen-bond acceptors (Lipinski definition) is 6. The van der Waals surface area contributed by atoms with Crippen molar-refractivity contribution in [3.63, 3.8) is 0 Å². The first kappa shape index (κ1) is 26.1. The highest BCUT2D eigenvalue weighted by Crippen LogP contribution is 2.27. The summed E-state index contributed by atoms with van der Waals surface area (Å²) in [5.74, 6) is 0.550. The molecule has 1 aliphatic carbocycles. The number of allylic oxidation sites excluding steroid dienone is 1. The minimum absolute atomic E-state index is 0.0631. The van der Waals surface area contributed by atoms with Gasteiger partial charge in [-0.05, 0) is 67.9 Å². The second-order valence-electron chi connectivity index (χ2n) is 8.76. The Morgan fingerprint density at radius 2 is 2.00 bits per heavy atom. The predicted octanol–water partition coefficient (Wildman–Crippen LogP) is 3.40. The van der Waals surface area contributed by atoms with Crippen LogP contribution >= 0.6 is 11.6 Å². The van der Waals surface area contributed by atoms with Crippen LogP contribution < -0.4 is 15.0 Å². The summed E-state index contributed by atoms with van der Waals surface area (Å²) in [6, 6.07) is 13.1. The van der Waals surface area contributed by atoms with Crippen LogP contribution in [0, 0.1) is 0 Å². The van der Waals surface area contributed by atoms with E-state index in [0.29, 0.717) is 23.9 Å². The molecule has 0 saturated heterocycles. The van der Waals surface area contributed by atoms with E-state index >= 15 is 0 Å². The van der Waals surface area contributed by atoms with Crippen molar-refractivity contribution in [2.75, 3.05) is 26.4 Å². The summed E-state index contributed by atoms with van der Waals surface area (Å²) < 4.78 is 33.0. The molecule has 0 fully saturated rings. The minimum Gasteiger partial charge on any atom is -0.487 e. The van der Waals surface area contributed by atoms with E-state index < -0.39 is 10.0 Å². The van der Waals surface area contributed by atoms with Crippen LogP contribution in [0.1, 0.15) is 28.8 Å². The van der Waals surface area contributed by atoms with E-state index in [1.165, 1.54) is 18.7 Å². The van der Waals surface area contributed by atoms with Gasteiger partial charge in [0.1, 0.15) is 12.4 Å². The Balaban J connectivity index is 1.41. The molecule has 8 nitrogen and oxygen atoms in total. The van der Waals surface area contributed by atoms with Gasteiger partial charge < -0.3 is 9.64 Å². The number of rotatable bonds is 10. The van der Waals surface area contributed by atoms with E-state index in [9.17, 15) is 13.2 Å². The highest BCUT2D eigenvalue weighted by Gasteiger charge is 2.15. The maximum atomic E-state index is 12.8. The Kier molecular flexibility index (Phi) is 8.25. The molecular formula is C26H29ClN4O4S. The van der Waals surface area contributed by atoms with E-state index in [4.69, 9.17) is 16.3 Å². The molecule has 0 radical (unpaired) electrons. The van der Waals surface area contributed by atoms with E-state index in [1.807, 2.05) is 24.1 Å². The van der Waals surface area contributed by atoms with Gasteiger partial charge in [-0.25, -0.2) is 13.1 Å². The van der Waals surface area contributed by atoms with Gasteiger partial charge in [-0.2, -0.15) is 0 Å². The van der Waals surface area contributed by atoms with Crippen LogP contribution in [0.5, 0.6) is 5.75 Å². The molecule has 0 bridgehead atoms. The molecule has 0 amide bonds. The van der Waals surface area contributed by atoms with Crippen molar-refractivity contribution in [3.05, 3.63) is 92.6 Å². The molecule has 0 aliphatic heterocycles. The van der Waals surface area contributed by atoms with Gasteiger partial charge in [-0.3, -0.25) is 14.3 Å². The van der Waals surface area contributed by atoms with E-state index in [-0.39, 0.29) is 17.9 Å². The van der Waals surface area contributed by atoms with Crippen molar-refractivity contribution in [1.82, 2.24) is 19.2 Å². The number of fused-ring (bicyclic) bond motifs is 1. The lowest BCUT2D eigenvalue weighted by Crippen LogP contribution is -2.30. The molecule has 0 atom stereocenters. The van der Waals surface area contributed by atoms with Crippen LogP contribution in [0.3, 0.4) is 0 Å². The standard InChI is InChI=1S/C26H29ClN4O4S/c1-28-36(33,34)12-11-30(2)17-19-3-4-21-14-24(8-5-20(21)13-19)31-10-9-25(15-26(31)32)35-18-23-7-6-22(27)16-29-23/h3-4,6-7,9-10,13-16,28H,5,8,11-12,17-18H2,1-2H3. The van der Waals surface area contributed by atoms with Crippen LogP contribution in [0.15, 0.2) is 59.7 Å². The Bertz CT molecular complexity index is 1420. The average molecular weight is 529 g/mol. The van der Waals surface area contributed by atoms with Gasteiger partial charge in [0.15, 0.2) is 0 Å². The minimum atomic E-state index is -3.22. The maximum absolute atomic E-state index is 12.8. The highest BCUT2D eigenvalue weighted by molar-refractivity contribution is 7.89. The summed E-state index contributed by atoms with van der Waals surface area (Å²) in [5.41, 5.74) is 4.94. The molecule has 0 spiro atoms. The number of aryl methyl sites for hydroxylation is 1. The average Bonchev–Trinajstić information content (AvgIpc) is 2.87. The number of aromatic nitrogens is 2. The number of benzene rings is 1. The summed E-state index contributed by atoms with van der Waals surface area (Å²) in [6.07, 6.45) is 6.91. The number of ether oxygens (including phenoxy) is 1. The van der Waals surface area contributed by atoms with Crippen molar-refractivity contribution >= 4 is 33.4 Å². The molecule has 4 rings (SSSR count). The van der Waals surface area contributed by atoms with Crippen molar-refractivity contribution in [2.24, 2.45) is 0 Å². The Hall–Kier alpha value is -2.98. The van der Waals surface area contributed by atoms with Crippen molar-refractivity contribution in [2.45, 2.75) is 26.0 Å². The second kappa shape index (κ2) is 11.4. The van der Waals surface area contributed by atoms with Gasteiger partial charge in [0.25, 0.3) is 5.56 Å². The van der Waals surface area contributed by atoms with Gasteiger partial charge >= 0.3 is 0 Å². The Morgan fingerprint density at radius 1 is 1.17 bits per heavy atom. The third kappa shape index (κ3) is 6.82. The van der Waals surface area contributed by atoms with E-state index in [0.717, 1.165) is 35.4 Å². The molecule has 2 aromatic heterocycles. The SMILES string of the molecule is CNS(=O)(=O)CCN(C)Cc1ccc2c(c1)CCC(n1ccc(OCc3ccc(Cl)cn3)cc1=O)=C2. The zero-order valence-corrected chi connectivity index (χ0v) is 21.8. The van der Waals surface area contributed by atoms with Gasteiger partial charge in [-0.15, -0.1) is 0 Å². The van der Waals surface area contributed by atoms with Crippen molar-refractivity contribution in [1.29, 1.82) is 0 Å². The maximum Gasteiger partial charge on any atom is 0.258 e. The molecular weight excluding hydrogens is 500 g/mol. The van der Waals surface area contributed by atoms with E-state index in [1.54, 1.807) is 35.2 Å². The molecule has 1 aliphatic rings. The van der Waals surface area contributed by atoms with Crippen molar-refractivity contribution in [3.8, 4) is 5.75 Å². The van der Waals surface area contributed by atoms with Gasteiger partial charge in [0.2, 0.25) is 10.0 Å². The lowest BCUT2D eigenvalue weighted by Gasteiger charge is -2.21. The monoisotopic (exact) mass is 528 g/mol. The fraction of sp³-hybridized carbons (Fsp3) is 0.308. The normalized spacial score (nSPS) is 13.4. The Morgan fingerprint density at radius 3 is 2.72 bits per heavy atom. The van der Waals surface area contributed by atoms with Gasteiger partial charge in [0, 0.05) is 37.2 Å². The largest absolute Gasteiger partial charge is 0.487 e. The number of pyridine rings is 2. The fourth-order valence-corrected chi connectivity index (χ4v) is 4.89. The highest BCUT2D eigenvalue weighted by atomic mass is 35.5. The fourth-order valence-electron chi connectivity index (χ4n) is 4.02. The number of hydrogen-bond donors (Lipinski definition) is 1. The summed E-state index contributed by atoms with van der Waals surface area (Å²) >= 11 is 5.85. The predicted molar refractivity (Wildman–Crippen MR) is 142 cm³/mol. The van der Waals surface area contributed by atoms with Crippen LogP contribution in [0.25, 0.3) is 11.8 Å². The molecule has 0 unspecified atom stereocenters. The number of nitrogens with one attached hydrogen (secondary N) is 1. The van der Waals surface area contributed by atoms with Crippen LogP contribution in [0.4, 0.5) is 0 Å². The first-order chi connectivity index (χ1) is 17.2. The summed E-state index contributed by atoms with van der Waals surface area (Å²) in [5, 5.41) is 0.560. The molecule has 36 heavy (non-hydrogen) atoms. The third-order valence-electron chi connectivity index (χ3n) is 6.06. The topological polar surface area (TPSA) is 93.5 Å². The zero-order valence-electron chi connectivity index (χ0n) is 20.3. The summed E-state index contributed by atoms with van der Waals surface area (Å²) in [6.45, 7) is 1.36. The quantitative estimate of drug-likeness (QED) is 0.433. The lowest BCUT2D eigenvalue weighted by atomic mass is 9.93. The molecule has 10 heteroatoms. The lowest BCUT2D eigenvalue weighted by molar-refractivity contribution is 0.300. The molecule has 0 saturated carbocycles. The third-order valence-corrected chi connectivity index (χ3v) is 7.63. The molecule has 2 heterocycles. The van der Waals surface area contributed by atoms with Gasteiger partial charge in [-0.1, -0.05) is 29.8 Å². The Labute approximate surface area is 216 Å². The molecule has 1 N–H and O–H groups in total. The van der Waals surface area contributed by atoms with Crippen molar-refractivity contribution < 1.29 is 13.2 Å². The van der Waals surface area contributed by atoms with Crippen LogP contribution in [-0.2, 0) is 29.6 Å². The first-order valence-electron chi connectivity index (χ1n) is 11.6. The van der Waals surface area contributed by atoms with Crippen LogP contribution in [0.2, 0.25) is 5.02 Å². The van der Waals surface area contributed by atoms with Crippen LogP contribution in [-0.4, -0.2) is 49.3 Å². The number of nitrogens with zero attached hydrogens (tertiary/aromatic N) is 3. The van der Waals surface area contributed by atoms with E-state index in [2.05, 4.69) is 21.8 Å². The molecule has 190 valence electrons. The smallest absolute Gasteiger partial charge is 0.258 e. The summed E-state index contributed by atoms with van der Waals surface area (Å²) in [4.78, 5) is 19.0. The first-order valence-corrected chi connectivity index (χ1v) is 13.6. The van der Waals surface area contributed by atoms with Gasteiger partial charge in [0.05, 0.1) is 16.5 Å². The molecule has 3 aromatic rings. The number of halogens is 1. The zero-order chi connectivity index (χ0) is 25.7. The second-order valence-corrected chi connectivity index (χ2v) is 11.2. The number of sulfonamides is 1. The molecule has 1 aromatic carbocycles. The summed E-state index contributed by atoms with van der Waals surface area (Å²) in [7, 11) is 0.119.